The quantitative estimate of drug-likeness (QED) is 0.525. The molecule has 32 heavy (non-hydrogen) atoms. The zero-order valence-corrected chi connectivity index (χ0v) is 18.7. The molecule has 0 unspecified atom stereocenters. The molecule has 0 N–H and O–H groups in total. The van der Waals surface area contributed by atoms with E-state index in [1.165, 1.54) is 24.0 Å². The van der Waals surface area contributed by atoms with Crippen LogP contribution in [-0.4, -0.2) is 36.6 Å². The fourth-order valence-electron chi connectivity index (χ4n) is 4.89. The first-order valence-electron chi connectivity index (χ1n) is 11.5. The van der Waals surface area contributed by atoms with Gasteiger partial charge in [-0.05, 0) is 73.7 Å². The van der Waals surface area contributed by atoms with Crippen LogP contribution in [0.25, 0.3) is 5.57 Å². The molecule has 5 rings (SSSR count). The number of ether oxygens (including phenoxy) is 2. The molecule has 4 heteroatoms. The highest BCUT2D eigenvalue weighted by atomic mass is 16.5. The van der Waals surface area contributed by atoms with E-state index in [4.69, 9.17) is 9.47 Å². The van der Waals surface area contributed by atoms with E-state index in [1.807, 2.05) is 24.4 Å². The molecular formula is C28H30N2O2. The minimum Gasteiger partial charge on any atom is -0.497 e. The molecule has 0 aliphatic carbocycles. The highest BCUT2D eigenvalue weighted by Gasteiger charge is 2.22. The van der Waals surface area contributed by atoms with E-state index < -0.39 is 0 Å². The predicted octanol–water partition coefficient (Wildman–Crippen LogP) is 5.68. The maximum Gasteiger partial charge on any atom is 0.131 e. The summed E-state index contributed by atoms with van der Waals surface area (Å²) in [6.45, 7) is 3.88. The van der Waals surface area contributed by atoms with Gasteiger partial charge in [-0.2, -0.15) is 0 Å². The van der Waals surface area contributed by atoms with Gasteiger partial charge in [0.15, 0.2) is 0 Å². The number of nitrogens with zero attached hydrogens (tertiary/aromatic N) is 2. The maximum absolute atomic E-state index is 6.09. The van der Waals surface area contributed by atoms with E-state index in [0.29, 0.717) is 12.5 Å². The smallest absolute Gasteiger partial charge is 0.131 e. The van der Waals surface area contributed by atoms with Crippen molar-refractivity contribution in [3.8, 4) is 11.5 Å². The summed E-state index contributed by atoms with van der Waals surface area (Å²) >= 11 is 0. The zero-order chi connectivity index (χ0) is 21.8. The van der Waals surface area contributed by atoms with E-state index in [1.54, 1.807) is 7.11 Å². The standard InChI is InChI=1S/C28H30N2O2/c1-31-23-11-12-28-26(19-23)24(25-9-5-15-29-27(25)20-32-28)10-6-16-30-17-13-22(14-18-30)21-7-3-2-4-8-21/h2-5,7-12,15,19,22H,6,13-14,16-18,20H2,1H3. The van der Waals surface area contributed by atoms with E-state index in [9.17, 15) is 0 Å². The second-order valence-electron chi connectivity index (χ2n) is 8.58. The number of hydrogen-bond acceptors (Lipinski definition) is 4. The second-order valence-corrected chi connectivity index (χ2v) is 8.58. The molecule has 0 bridgehead atoms. The lowest BCUT2D eigenvalue weighted by Gasteiger charge is -2.32. The average molecular weight is 427 g/mol. The molecule has 2 aliphatic heterocycles. The summed E-state index contributed by atoms with van der Waals surface area (Å²) < 4.78 is 11.6. The van der Waals surface area contributed by atoms with Crippen LogP contribution in [0.5, 0.6) is 11.5 Å². The molecule has 0 radical (unpaired) electrons. The summed E-state index contributed by atoms with van der Waals surface area (Å²) in [5.41, 5.74) is 5.90. The van der Waals surface area contributed by atoms with E-state index in [2.05, 4.69) is 58.4 Å². The number of fused-ring (bicyclic) bond motifs is 2. The van der Waals surface area contributed by atoms with Crippen LogP contribution in [0.4, 0.5) is 0 Å². The molecule has 2 aromatic carbocycles. The Labute approximate surface area is 190 Å². The van der Waals surface area contributed by atoms with Crippen molar-refractivity contribution in [1.29, 1.82) is 0 Å². The number of rotatable bonds is 5. The Morgan fingerprint density at radius 1 is 1.03 bits per heavy atom. The third-order valence-corrected chi connectivity index (χ3v) is 6.67. The number of likely N-dealkylation sites (tertiary alicyclic amines) is 1. The van der Waals surface area contributed by atoms with Crippen molar-refractivity contribution >= 4 is 5.57 Å². The Balaban J connectivity index is 1.32. The van der Waals surface area contributed by atoms with Crippen LogP contribution in [0, 0.1) is 0 Å². The molecule has 0 amide bonds. The van der Waals surface area contributed by atoms with Crippen LogP contribution in [0.1, 0.15) is 47.6 Å². The van der Waals surface area contributed by atoms with Crippen molar-refractivity contribution in [3.63, 3.8) is 0 Å². The SMILES string of the molecule is COc1ccc2c(c1)C(=CCCN1CCC(c3ccccc3)CC1)c1cccnc1CO2. The van der Waals surface area contributed by atoms with Crippen molar-refractivity contribution in [2.75, 3.05) is 26.7 Å². The summed E-state index contributed by atoms with van der Waals surface area (Å²) in [6, 6.07) is 21.2. The van der Waals surface area contributed by atoms with Crippen molar-refractivity contribution < 1.29 is 9.47 Å². The van der Waals surface area contributed by atoms with Gasteiger partial charge in [-0.15, -0.1) is 0 Å². The van der Waals surface area contributed by atoms with Crippen LogP contribution < -0.4 is 9.47 Å². The van der Waals surface area contributed by atoms with Gasteiger partial charge in [-0.25, -0.2) is 0 Å². The van der Waals surface area contributed by atoms with Gasteiger partial charge in [0.1, 0.15) is 18.1 Å². The van der Waals surface area contributed by atoms with Crippen molar-refractivity contribution in [2.24, 2.45) is 0 Å². The molecule has 0 spiro atoms. The fourth-order valence-corrected chi connectivity index (χ4v) is 4.89. The number of hydrogen-bond donors (Lipinski definition) is 0. The van der Waals surface area contributed by atoms with Crippen LogP contribution >= 0.6 is 0 Å². The predicted molar refractivity (Wildman–Crippen MR) is 128 cm³/mol. The molecule has 1 saturated heterocycles. The Kier molecular flexibility index (Phi) is 6.22. The van der Waals surface area contributed by atoms with E-state index in [-0.39, 0.29) is 0 Å². The normalized spacial score (nSPS) is 17.8. The van der Waals surface area contributed by atoms with Crippen molar-refractivity contribution in [3.05, 3.63) is 95.3 Å². The summed E-state index contributed by atoms with van der Waals surface area (Å²) in [5.74, 6) is 2.43. The fraction of sp³-hybridized carbons (Fsp3) is 0.321. The lowest BCUT2D eigenvalue weighted by Crippen LogP contribution is -2.33. The van der Waals surface area contributed by atoms with Crippen LogP contribution in [-0.2, 0) is 6.61 Å². The number of piperidine rings is 1. The molecule has 0 atom stereocenters. The first-order chi connectivity index (χ1) is 15.8. The number of benzene rings is 2. The molecule has 164 valence electrons. The van der Waals surface area contributed by atoms with Crippen LogP contribution in [0.2, 0.25) is 0 Å². The number of aromatic nitrogens is 1. The van der Waals surface area contributed by atoms with Gasteiger partial charge in [0.2, 0.25) is 0 Å². The van der Waals surface area contributed by atoms with Gasteiger partial charge < -0.3 is 14.4 Å². The highest BCUT2D eigenvalue weighted by molar-refractivity contribution is 5.85. The van der Waals surface area contributed by atoms with E-state index in [0.717, 1.165) is 54.4 Å². The van der Waals surface area contributed by atoms with Crippen LogP contribution in [0.15, 0.2) is 72.9 Å². The topological polar surface area (TPSA) is 34.6 Å². The minimum absolute atomic E-state index is 0.486. The zero-order valence-electron chi connectivity index (χ0n) is 18.7. The summed E-state index contributed by atoms with van der Waals surface area (Å²) in [5, 5.41) is 0. The summed E-state index contributed by atoms with van der Waals surface area (Å²) in [7, 11) is 1.71. The molecular weight excluding hydrogens is 396 g/mol. The van der Waals surface area contributed by atoms with Gasteiger partial charge in [0.25, 0.3) is 0 Å². The monoisotopic (exact) mass is 426 g/mol. The van der Waals surface area contributed by atoms with E-state index >= 15 is 0 Å². The first kappa shape index (κ1) is 20.8. The number of pyridine rings is 1. The molecule has 4 nitrogen and oxygen atoms in total. The first-order valence-corrected chi connectivity index (χ1v) is 11.5. The lowest BCUT2D eigenvalue weighted by atomic mass is 9.89. The van der Waals surface area contributed by atoms with Gasteiger partial charge in [0, 0.05) is 23.9 Å². The van der Waals surface area contributed by atoms with Crippen molar-refractivity contribution in [1.82, 2.24) is 9.88 Å². The molecule has 3 heterocycles. The third-order valence-electron chi connectivity index (χ3n) is 6.67. The molecule has 3 aromatic rings. The second kappa shape index (κ2) is 9.58. The molecule has 1 fully saturated rings. The third kappa shape index (κ3) is 4.42. The minimum atomic E-state index is 0.486. The Morgan fingerprint density at radius 3 is 2.69 bits per heavy atom. The maximum atomic E-state index is 6.09. The van der Waals surface area contributed by atoms with Gasteiger partial charge in [0.05, 0.1) is 12.8 Å². The number of methoxy groups -OCH3 is 1. The van der Waals surface area contributed by atoms with Gasteiger partial charge >= 0.3 is 0 Å². The van der Waals surface area contributed by atoms with Gasteiger partial charge in [-0.1, -0.05) is 42.5 Å². The van der Waals surface area contributed by atoms with Crippen molar-refractivity contribution in [2.45, 2.75) is 31.8 Å². The Bertz CT molecular complexity index is 1090. The Hall–Kier alpha value is -3.11. The highest BCUT2D eigenvalue weighted by Crippen LogP contribution is 2.38. The average Bonchev–Trinajstić information content (AvgIpc) is 3.01. The largest absolute Gasteiger partial charge is 0.497 e. The van der Waals surface area contributed by atoms with Crippen LogP contribution in [0.3, 0.4) is 0 Å². The van der Waals surface area contributed by atoms with Gasteiger partial charge in [-0.3, -0.25) is 4.98 Å². The molecule has 1 aromatic heterocycles. The summed E-state index contributed by atoms with van der Waals surface area (Å²) in [6.07, 6.45) is 7.67. The lowest BCUT2D eigenvalue weighted by molar-refractivity contribution is 0.216. The Morgan fingerprint density at radius 2 is 1.88 bits per heavy atom. The molecule has 2 aliphatic rings. The summed E-state index contributed by atoms with van der Waals surface area (Å²) in [4.78, 5) is 7.18. The molecule has 0 saturated carbocycles.